The number of fused-ring (bicyclic) bond motifs is 2. The molecular weight excluding hydrogens is 373 g/mol. The molecule has 148 valence electrons. The number of hydrogen-bond acceptors (Lipinski definition) is 4. The second kappa shape index (κ2) is 6.54. The van der Waals surface area contributed by atoms with E-state index in [-0.39, 0.29) is 11.6 Å². The summed E-state index contributed by atoms with van der Waals surface area (Å²) in [5.41, 5.74) is 4.71. The number of aryl methyl sites for hydroxylation is 1. The van der Waals surface area contributed by atoms with Gasteiger partial charge in [-0.25, -0.2) is 18.6 Å². The molecule has 1 unspecified atom stereocenters. The fourth-order valence-corrected chi connectivity index (χ4v) is 3.95. The Morgan fingerprint density at radius 2 is 2.21 bits per heavy atom. The maximum atomic E-state index is 13.9. The quantitative estimate of drug-likeness (QED) is 0.580. The number of pyridine rings is 1. The largest absolute Gasteiger partial charge is 0.348 e. The molecule has 0 saturated heterocycles. The Balaban J connectivity index is 1.62. The summed E-state index contributed by atoms with van der Waals surface area (Å²) < 4.78 is 16.9. The van der Waals surface area contributed by atoms with Crippen LogP contribution in [0.15, 0.2) is 43.0 Å². The summed E-state index contributed by atoms with van der Waals surface area (Å²) in [5, 5.41) is 8.68. The number of carbonyl (C=O) groups excluding carboxylic acids is 1. The van der Waals surface area contributed by atoms with E-state index in [0.29, 0.717) is 13.0 Å². The summed E-state index contributed by atoms with van der Waals surface area (Å²) in [5.74, 6) is -0.293. The minimum absolute atomic E-state index is 0.212. The second-order valence-electron chi connectivity index (χ2n) is 7.30. The molecule has 1 aliphatic heterocycles. The van der Waals surface area contributed by atoms with Crippen LogP contribution >= 0.6 is 0 Å². The molecule has 1 amide bonds. The molecule has 0 bridgehead atoms. The number of nitrogens with zero attached hydrogens (tertiary/aromatic N) is 6. The number of H-pyrrole nitrogens is 1. The minimum Gasteiger partial charge on any atom is -0.348 e. The van der Waals surface area contributed by atoms with Crippen LogP contribution in [0.4, 0.5) is 4.39 Å². The molecule has 1 N–H and O–H groups in total. The van der Waals surface area contributed by atoms with Gasteiger partial charge in [0, 0.05) is 31.1 Å². The van der Waals surface area contributed by atoms with Gasteiger partial charge in [-0.05, 0) is 37.6 Å². The molecule has 0 radical (unpaired) electrons. The van der Waals surface area contributed by atoms with Crippen LogP contribution in [0.25, 0.3) is 5.52 Å². The first kappa shape index (κ1) is 17.6. The van der Waals surface area contributed by atoms with Crippen LogP contribution in [0.2, 0.25) is 0 Å². The van der Waals surface area contributed by atoms with E-state index >= 15 is 0 Å². The maximum Gasteiger partial charge on any atom is 0.273 e. The summed E-state index contributed by atoms with van der Waals surface area (Å²) in [6.45, 7) is 3.83. The lowest BCUT2D eigenvalue weighted by molar-refractivity contribution is 0.0662. The SMILES string of the molecule is Cc1ccc2cc([C@H]3c4nc[nH]c4CCN3C(=O)c3ccnn3C(C)F)nn2c1. The van der Waals surface area contributed by atoms with Gasteiger partial charge in [0.2, 0.25) is 0 Å². The Hall–Kier alpha value is -3.49. The number of imidazole rings is 1. The van der Waals surface area contributed by atoms with Gasteiger partial charge in [0.05, 0.1) is 23.2 Å². The summed E-state index contributed by atoms with van der Waals surface area (Å²) in [6.07, 6.45) is 4.27. The number of carbonyl (C=O) groups is 1. The molecule has 9 heteroatoms. The van der Waals surface area contributed by atoms with Crippen molar-refractivity contribution in [3.63, 3.8) is 0 Å². The number of hydrogen-bond donors (Lipinski definition) is 1. The van der Waals surface area contributed by atoms with E-state index in [1.165, 1.54) is 13.1 Å². The molecule has 1 aliphatic rings. The number of halogens is 1. The van der Waals surface area contributed by atoms with Gasteiger partial charge in [-0.2, -0.15) is 10.2 Å². The van der Waals surface area contributed by atoms with E-state index in [1.54, 1.807) is 17.3 Å². The highest BCUT2D eigenvalue weighted by molar-refractivity contribution is 5.93. The Kier molecular flexibility index (Phi) is 3.97. The van der Waals surface area contributed by atoms with Crippen molar-refractivity contribution in [3.05, 3.63) is 71.3 Å². The first-order valence-corrected chi connectivity index (χ1v) is 9.49. The van der Waals surface area contributed by atoms with Crippen LogP contribution in [0, 0.1) is 6.92 Å². The number of amides is 1. The van der Waals surface area contributed by atoms with Gasteiger partial charge >= 0.3 is 0 Å². The predicted molar refractivity (Wildman–Crippen MR) is 103 cm³/mol. The number of rotatable bonds is 3. The van der Waals surface area contributed by atoms with E-state index in [2.05, 4.69) is 15.1 Å². The first-order chi connectivity index (χ1) is 14.0. The smallest absolute Gasteiger partial charge is 0.273 e. The van der Waals surface area contributed by atoms with Crippen LogP contribution in [0.3, 0.4) is 0 Å². The molecule has 0 spiro atoms. The van der Waals surface area contributed by atoms with Gasteiger partial charge in [0.1, 0.15) is 11.7 Å². The van der Waals surface area contributed by atoms with Gasteiger partial charge < -0.3 is 9.88 Å². The van der Waals surface area contributed by atoms with Gasteiger partial charge in [-0.3, -0.25) is 4.79 Å². The van der Waals surface area contributed by atoms with Crippen molar-refractivity contribution in [2.75, 3.05) is 6.54 Å². The van der Waals surface area contributed by atoms with Gasteiger partial charge in [-0.1, -0.05) is 6.07 Å². The highest BCUT2D eigenvalue weighted by Gasteiger charge is 2.37. The lowest BCUT2D eigenvalue weighted by Crippen LogP contribution is -2.41. The molecule has 2 atom stereocenters. The molecule has 0 aliphatic carbocycles. The van der Waals surface area contributed by atoms with Crippen molar-refractivity contribution in [1.82, 2.24) is 34.3 Å². The van der Waals surface area contributed by atoms with Crippen LogP contribution in [0.1, 0.15) is 52.4 Å². The minimum atomic E-state index is -1.40. The van der Waals surface area contributed by atoms with Crippen molar-refractivity contribution in [1.29, 1.82) is 0 Å². The van der Waals surface area contributed by atoms with Gasteiger partial charge in [0.15, 0.2) is 6.30 Å². The monoisotopic (exact) mass is 393 g/mol. The molecule has 0 saturated carbocycles. The molecule has 5 heterocycles. The number of nitrogens with one attached hydrogen (secondary N) is 1. The zero-order valence-electron chi connectivity index (χ0n) is 16.1. The van der Waals surface area contributed by atoms with Crippen molar-refractivity contribution in [2.45, 2.75) is 32.6 Å². The first-order valence-electron chi connectivity index (χ1n) is 9.49. The Bertz CT molecular complexity index is 1200. The van der Waals surface area contributed by atoms with Crippen molar-refractivity contribution >= 4 is 11.4 Å². The zero-order valence-corrected chi connectivity index (χ0v) is 16.1. The third-order valence-electron chi connectivity index (χ3n) is 5.32. The van der Waals surface area contributed by atoms with E-state index in [9.17, 15) is 9.18 Å². The lowest BCUT2D eigenvalue weighted by atomic mass is 9.99. The zero-order chi connectivity index (χ0) is 20.1. The lowest BCUT2D eigenvalue weighted by Gasteiger charge is -2.34. The summed E-state index contributed by atoms with van der Waals surface area (Å²) >= 11 is 0. The Labute approximate surface area is 166 Å². The average Bonchev–Trinajstić information content (AvgIpc) is 3.43. The molecule has 4 aromatic heterocycles. The van der Waals surface area contributed by atoms with E-state index in [0.717, 1.165) is 32.8 Å². The van der Waals surface area contributed by atoms with Crippen LogP contribution in [-0.2, 0) is 6.42 Å². The van der Waals surface area contributed by atoms with E-state index in [4.69, 9.17) is 5.10 Å². The second-order valence-corrected chi connectivity index (χ2v) is 7.30. The molecular formula is C20H20FN7O. The van der Waals surface area contributed by atoms with Crippen molar-refractivity contribution in [2.24, 2.45) is 0 Å². The number of aromatic nitrogens is 6. The summed E-state index contributed by atoms with van der Waals surface area (Å²) in [7, 11) is 0. The third kappa shape index (κ3) is 2.81. The molecule has 0 aromatic carbocycles. The molecule has 8 nitrogen and oxygen atoms in total. The topological polar surface area (TPSA) is 84.1 Å². The maximum absolute atomic E-state index is 13.9. The summed E-state index contributed by atoms with van der Waals surface area (Å²) in [6, 6.07) is 7.06. The number of alkyl halides is 1. The fourth-order valence-electron chi connectivity index (χ4n) is 3.95. The van der Waals surface area contributed by atoms with Gasteiger partial charge in [0.25, 0.3) is 5.91 Å². The van der Waals surface area contributed by atoms with Crippen LogP contribution < -0.4 is 0 Å². The van der Waals surface area contributed by atoms with E-state index < -0.39 is 12.3 Å². The van der Waals surface area contributed by atoms with Crippen LogP contribution in [0.5, 0.6) is 0 Å². The van der Waals surface area contributed by atoms with Crippen LogP contribution in [-0.4, -0.2) is 46.7 Å². The highest BCUT2D eigenvalue weighted by atomic mass is 19.1. The third-order valence-corrected chi connectivity index (χ3v) is 5.32. The summed E-state index contributed by atoms with van der Waals surface area (Å²) in [4.78, 5) is 22.7. The molecule has 4 aromatic rings. The van der Waals surface area contributed by atoms with Crippen molar-refractivity contribution < 1.29 is 9.18 Å². The number of aromatic amines is 1. The Morgan fingerprint density at radius 1 is 1.34 bits per heavy atom. The van der Waals surface area contributed by atoms with E-state index in [1.807, 2.05) is 35.8 Å². The van der Waals surface area contributed by atoms with Crippen molar-refractivity contribution in [3.8, 4) is 0 Å². The molecule has 0 fully saturated rings. The molecule has 5 rings (SSSR count). The average molecular weight is 393 g/mol. The Morgan fingerprint density at radius 3 is 3.03 bits per heavy atom. The van der Waals surface area contributed by atoms with Gasteiger partial charge in [-0.15, -0.1) is 0 Å². The highest BCUT2D eigenvalue weighted by Crippen LogP contribution is 2.34. The fraction of sp³-hybridized carbons (Fsp3) is 0.300. The normalized spacial score (nSPS) is 17.5. The predicted octanol–water partition coefficient (Wildman–Crippen LogP) is 2.84. The standard InChI is InChI=1S/C20H20FN7O/c1-12-3-4-14-9-16(25-27(14)10-12)19-18-15(22-11-23-18)6-8-26(19)20(29)17-5-7-24-28(17)13(2)21/h3-5,7,9-11,13,19H,6,8H2,1-2H3,(H,22,23)/t13?,19-/m0/s1. The molecule has 29 heavy (non-hydrogen) atoms.